The van der Waals surface area contributed by atoms with Crippen molar-refractivity contribution in [2.45, 2.75) is 13.0 Å². The molecule has 0 aliphatic rings. The second kappa shape index (κ2) is 7.40. The minimum atomic E-state index is -1.16. The fourth-order valence-electron chi connectivity index (χ4n) is 1.21. The minimum Gasteiger partial charge on any atom is -0.459 e. The third-order valence-corrected chi connectivity index (χ3v) is 2.22. The van der Waals surface area contributed by atoms with Gasteiger partial charge in [-0.25, -0.2) is 14.0 Å². The van der Waals surface area contributed by atoms with Gasteiger partial charge in [-0.2, -0.15) is 0 Å². The van der Waals surface area contributed by atoms with Crippen molar-refractivity contribution in [3.8, 4) is 0 Å². The normalized spacial score (nSPS) is 11.6. The Kier molecular flexibility index (Phi) is 5.86. The molecule has 108 valence electrons. The van der Waals surface area contributed by atoms with Gasteiger partial charge >= 0.3 is 11.9 Å². The van der Waals surface area contributed by atoms with Crippen LogP contribution in [0.3, 0.4) is 0 Å². The molecule has 1 atom stereocenters. The molecule has 0 spiro atoms. The van der Waals surface area contributed by atoms with E-state index >= 15 is 0 Å². The molecule has 0 aromatic heterocycles. The van der Waals surface area contributed by atoms with Crippen LogP contribution < -0.4 is 0 Å². The highest BCUT2D eigenvalue weighted by Gasteiger charge is 2.13. The van der Waals surface area contributed by atoms with E-state index in [2.05, 4.69) is 11.3 Å². The molecule has 5 nitrogen and oxygen atoms in total. The summed E-state index contributed by atoms with van der Waals surface area (Å²) in [5.41, 5.74) is 0.241. The van der Waals surface area contributed by atoms with Crippen LogP contribution in [0.2, 0.25) is 0 Å². The summed E-state index contributed by atoms with van der Waals surface area (Å²) in [5.74, 6) is -1.97. The van der Waals surface area contributed by atoms with E-state index < -0.39 is 23.9 Å². The maximum absolute atomic E-state index is 12.9. The largest absolute Gasteiger partial charge is 0.459 e. The van der Waals surface area contributed by atoms with Gasteiger partial charge in [0.05, 0.1) is 5.56 Å². The first-order valence-corrected chi connectivity index (χ1v) is 5.83. The molecule has 0 saturated heterocycles. The molecule has 1 N–H and O–H groups in total. The van der Waals surface area contributed by atoms with Gasteiger partial charge in [-0.1, -0.05) is 12.6 Å². The van der Waals surface area contributed by atoms with E-state index in [0.29, 0.717) is 0 Å². The smallest absolute Gasteiger partial charge is 0.338 e. The predicted octanol–water partition coefficient (Wildman–Crippen LogP) is 1.46. The molecule has 0 aliphatic heterocycles. The molecular formula is C14H15FO5. The summed E-state index contributed by atoms with van der Waals surface area (Å²) in [7, 11) is 0. The number of carbonyl (C=O) groups excluding carboxylic acids is 2. The van der Waals surface area contributed by atoms with Crippen molar-refractivity contribution in [3.05, 3.63) is 47.8 Å². The lowest BCUT2D eigenvalue weighted by Crippen LogP contribution is -2.25. The lowest BCUT2D eigenvalue weighted by atomic mass is 10.2. The number of aliphatic hydroxyl groups is 1. The highest BCUT2D eigenvalue weighted by Crippen LogP contribution is 2.05. The topological polar surface area (TPSA) is 72.8 Å². The van der Waals surface area contributed by atoms with Gasteiger partial charge in [-0.3, -0.25) is 0 Å². The van der Waals surface area contributed by atoms with Crippen LogP contribution in [-0.2, 0) is 14.3 Å². The maximum Gasteiger partial charge on any atom is 0.338 e. The molecule has 1 unspecified atom stereocenters. The number of ether oxygens (including phenoxy) is 2. The number of hydrogen-bond donors (Lipinski definition) is 1. The molecule has 20 heavy (non-hydrogen) atoms. The number of halogens is 1. The number of carbonyl (C=O) groups is 2. The van der Waals surface area contributed by atoms with E-state index in [1.165, 1.54) is 25.1 Å². The Morgan fingerprint density at radius 3 is 2.60 bits per heavy atom. The molecule has 0 aliphatic carbocycles. The van der Waals surface area contributed by atoms with Crippen molar-refractivity contribution in [1.82, 2.24) is 0 Å². The lowest BCUT2D eigenvalue weighted by Gasteiger charge is -2.12. The molecule has 0 amide bonds. The Labute approximate surface area is 115 Å². The van der Waals surface area contributed by atoms with Crippen LogP contribution in [0.5, 0.6) is 0 Å². The Morgan fingerprint density at radius 2 is 2.00 bits per heavy atom. The molecular weight excluding hydrogens is 267 g/mol. The average molecular weight is 282 g/mol. The molecule has 0 heterocycles. The average Bonchev–Trinajstić information content (AvgIpc) is 2.41. The van der Waals surface area contributed by atoms with Crippen LogP contribution in [0, 0.1) is 5.82 Å². The molecule has 1 rings (SSSR count). The van der Waals surface area contributed by atoms with Gasteiger partial charge in [-0.05, 0) is 25.1 Å². The fraction of sp³-hybridized carbons (Fsp3) is 0.286. The van der Waals surface area contributed by atoms with Crippen LogP contribution >= 0.6 is 0 Å². The highest BCUT2D eigenvalue weighted by molar-refractivity contribution is 5.89. The van der Waals surface area contributed by atoms with Crippen LogP contribution in [0.25, 0.3) is 0 Å². The summed E-state index contributed by atoms with van der Waals surface area (Å²) in [5, 5.41) is 9.47. The zero-order valence-electron chi connectivity index (χ0n) is 11.0. The van der Waals surface area contributed by atoms with Crippen molar-refractivity contribution in [2.24, 2.45) is 0 Å². The van der Waals surface area contributed by atoms with Crippen LogP contribution in [-0.4, -0.2) is 36.4 Å². The van der Waals surface area contributed by atoms with Gasteiger partial charge in [0.1, 0.15) is 25.1 Å². The molecule has 1 aromatic rings. The van der Waals surface area contributed by atoms with E-state index in [1.54, 1.807) is 0 Å². The standard InChI is InChI=1S/C14H15FO5/c1-9(2)13(17)19-7-12(16)8-20-14(18)10-4-3-5-11(15)6-10/h3-6,12,16H,1,7-8H2,2H3. The number of aliphatic hydroxyl groups excluding tert-OH is 1. The van der Waals surface area contributed by atoms with Crippen molar-refractivity contribution in [2.75, 3.05) is 13.2 Å². The van der Waals surface area contributed by atoms with E-state index in [-0.39, 0.29) is 24.4 Å². The predicted molar refractivity (Wildman–Crippen MR) is 68.5 cm³/mol. The van der Waals surface area contributed by atoms with Gasteiger partial charge in [0, 0.05) is 5.57 Å². The van der Waals surface area contributed by atoms with Gasteiger partial charge < -0.3 is 14.6 Å². The number of hydrogen-bond acceptors (Lipinski definition) is 5. The minimum absolute atomic E-state index is 0.0381. The first-order valence-electron chi connectivity index (χ1n) is 5.83. The molecule has 0 bridgehead atoms. The van der Waals surface area contributed by atoms with E-state index in [4.69, 9.17) is 4.74 Å². The molecule has 0 saturated carbocycles. The molecule has 1 aromatic carbocycles. The van der Waals surface area contributed by atoms with E-state index in [9.17, 15) is 19.1 Å². The van der Waals surface area contributed by atoms with Gasteiger partial charge in [-0.15, -0.1) is 0 Å². The number of rotatable bonds is 6. The SMILES string of the molecule is C=C(C)C(=O)OCC(O)COC(=O)c1cccc(F)c1. The quantitative estimate of drug-likeness (QED) is 0.631. The van der Waals surface area contributed by atoms with Crippen molar-refractivity contribution >= 4 is 11.9 Å². The molecule has 0 fully saturated rings. The summed E-state index contributed by atoms with van der Waals surface area (Å²) in [4.78, 5) is 22.6. The third kappa shape index (κ3) is 5.19. The van der Waals surface area contributed by atoms with Crippen molar-refractivity contribution in [3.63, 3.8) is 0 Å². The van der Waals surface area contributed by atoms with Crippen molar-refractivity contribution < 1.29 is 28.6 Å². The second-order valence-electron chi connectivity index (χ2n) is 4.14. The lowest BCUT2D eigenvalue weighted by molar-refractivity contribution is -0.142. The summed E-state index contributed by atoms with van der Waals surface area (Å²) >= 11 is 0. The maximum atomic E-state index is 12.9. The fourth-order valence-corrected chi connectivity index (χ4v) is 1.21. The first-order chi connectivity index (χ1) is 9.40. The monoisotopic (exact) mass is 282 g/mol. The molecule has 0 radical (unpaired) electrons. The zero-order valence-corrected chi connectivity index (χ0v) is 11.0. The van der Waals surface area contributed by atoms with Crippen LogP contribution in [0.4, 0.5) is 4.39 Å². The summed E-state index contributed by atoms with van der Waals surface area (Å²) in [6.07, 6.45) is -1.16. The number of benzene rings is 1. The Bertz CT molecular complexity index is 512. The van der Waals surface area contributed by atoms with E-state index in [1.807, 2.05) is 0 Å². The highest BCUT2D eigenvalue weighted by atomic mass is 19.1. The van der Waals surface area contributed by atoms with Crippen LogP contribution in [0.15, 0.2) is 36.4 Å². The summed E-state index contributed by atoms with van der Waals surface area (Å²) in [6.45, 7) is 4.17. The Morgan fingerprint density at radius 1 is 1.35 bits per heavy atom. The summed E-state index contributed by atoms with van der Waals surface area (Å²) < 4.78 is 22.3. The Balaban J connectivity index is 2.37. The van der Waals surface area contributed by atoms with Gasteiger partial charge in [0.2, 0.25) is 0 Å². The van der Waals surface area contributed by atoms with Crippen molar-refractivity contribution in [1.29, 1.82) is 0 Å². The Hall–Kier alpha value is -2.21. The zero-order chi connectivity index (χ0) is 15.1. The molecule has 6 heteroatoms. The van der Waals surface area contributed by atoms with Crippen LogP contribution in [0.1, 0.15) is 17.3 Å². The number of esters is 2. The van der Waals surface area contributed by atoms with Gasteiger partial charge in [0.25, 0.3) is 0 Å². The third-order valence-electron chi connectivity index (χ3n) is 2.22. The second-order valence-corrected chi connectivity index (χ2v) is 4.14. The van der Waals surface area contributed by atoms with Gasteiger partial charge in [0.15, 0.2) is 0 Å². The first kappa shape index (κ1) is 15.8. The van der Waals surface area contributed by atoms with E-state index in [0.717, 1.165) is 6.07 Å². The summed E-state index contributed by atoms with van der Waals surface area (Å²) in [6, 6.07) is 4.98.